The lowest BCUT2D eigenvalue weighted by molar-refractivity contribution is -0.148. The zero-order valence-electron chi connectivity index (χ0n) is 35.0. The van der Waals surface area contributed by atoms with Gasteiger partial charge in [0, 0.05) is 37.0 Å². The number of likely N-dealkylation sites (tertiary alicyclic amines) is 2. The Morgan fingerprint density at radius 2 is 1.74 bits per heavy atom. The van der Waals surface area contributed by atoms with Crippen LogP contribution in [0.2, 0.25) is 0 Å². The summed E-state index contributed by atoms with van der Waals surface area (Å²) in [5.41, 5.74) is -0.382. The average molecular weight is 746 g/mol. The standard InChI is InChI=1S/C40H65N5O8/c1-11-26(4)34(44(8)37(48)33(25(2)3)42-39(51)40(6)20-16-21-43(40)7)31(52-9)24-32(46)45-22-15-19-30(45)35(53-10)27(5)36(47)41-29(38(49)50)23-28-17-13-12-14-18-28/h12-14,17-18,25-27,29-31,33-35H,11,15-16,19-24H2,1-10H3,(H,41,47)(H,42,51)(H,49,50)/t26-,27+,29-,30-,31+,33-,34-,35+,40-/m0/s1/i6D,7D. The van der Waals surface area contributed by atoms with Crippen molar-refractivity contribution in [3.05, 3.63) is 35.9 Å². The van der Waals surface area contributed by atoms with E-state index in [-0.39, 0.29) is 50.4 Å². The summed E-state index contributed by atoms with van der Waals surface area (Å²) in [7, 11) is 4.56. The predicted molar refractivity (Wildman–Crippen MR) is 203 cm³/mol. The molecule has 0 bridgehead atoms. The molecule has 13 nitrogen and oxygen atoms in total. The smallest absolute Gasteiger partial charge is 0.326 e. The lowest BCUT2D eigenvalue weighted by Gasteiger charge is -2.41. The second-order valence-corrected chi connectivity index (χ2v) is 15.3. The number of carbonyl (C=O) groups is 5. The fourth-order valence-corrected chi connectivity index (χ4v) is 7.86. The van der Waals surface area contributed by atoms with Gasteiger partial charge in [0.1, 0.15) is 12.1 Å². The molecule has 2 aliphatic heterocycles. The zero-order chi connectivity index (χ0) is 41.0. The Morgan fingerprint density at radius 1 is 1.04 bits per heavy atom. The summed E-state index contributed by atoms with van der Waals surface area (Å²) in [6, 6.07) is 6.04. The van der Waals surface area contributed by atoms with Crippen molar-refractivity contribution in [3.8, 4) is 0 Å². The third-order valence-corrected chi connectivity index (χ3v) is 11.4. The van der Waals surface area contributed by atoms with Gasteiger partial charge in [-0.1, -0.05) is 71.4 Å². The number of aliphatic carboxylic acids is 1. The van der Waals surface area contributed by atoms with E-state index in [9.17, 15) is 29.1 Å². The van der Waals surface area contributed by atoms with Gasteiger partial charge in [0.25, 0.3) is 0 Å². The fraction of sp³-hybridized carbons (Fsp3) is 0.725. The number of hydrogen-bond acceptors (Lipinski definition) is 8. The van der Waals surface area contributed by atoms with E-state index in [0.717, 1.165) is 5.56 Å². The number of nitrogens with zero attached hydrogens (tertiary/aromatic N) is 3. The number of likely N-dealkylation sites (N-methyl/N-ethyl adjacent to an activating group) is 2. The van der Waals surface area contributed by atoms with Gasteiger partial charge in [-0.2, -0.15) is 0 Å². The van der Waals surface area contributed by atoms with Crippen LogP contribution in [0.1, 0.15) is 88.3 Å². The fourth-order valence-electron chi connectivity index (χ4n) is 7.86. The molecule has 13 heteroatoms. The lowest BCUT2D eigenvalue weighted by atomic mass is 9.89. The molecule has 298 valence electrons. The van der Waals surface area contributed by atoms with Crippen molar-refractivity contribution in [2.24, 2.45) is 17.8 Å². The topological polar surface area (TPSA) is 158 Å². The molecule has 3 N–H and O–H groups in total. The first-order chi connectivity index (χ1) is 26.1. The molecule has 2 heterocycles. The second kappa shape index (κ2) is 19.7. The van der Waals surface area contributed by atoms with Crippen LogP contribution in [-0.4, -0.2) is 133 Å². The summed E-state index contributed by atoms with van der Waals surface area (Å²) < 4.78 is 28.0. The number of amides is 4. The van der Waals surface area contributed by atoms with Crippen LogP contribution in [-0.2, 0) is 39.9 Å². The molecular formula is C40H65N5O8. The van der Waals surface area contributed by atoms with Crippen LogP contribution in [0.15, 0.2) is 30.3 Å². The molecule has 0 aromatic heterocycles. The van der Waals surface area contributed by atoms with Gasteiger partial charge in [0.2, 0.25) is 23.6 Å². The van der Waals surface area contributed by atoms with Crippen molar-refractivity contribution in [2.45, 2.75) is 128 Å². The monoisotopic (exact) mass is 745 g/mol. The highest BCUT2D eigenvalue weighted by Gasteiger charge is 2.45. The lowest BCUT2D eigenvalue weighted by Crippen LogP contribution is -2.61. The molecule has 9 atom stereocenters. The number of methoxy groups -OCH3 is 2. The van der Waals surface area contributed by atoms with Gasteiger partial charge >= 0.3 is 5.97 Å². The van der Waals surface area contributed by atoms with Crippen molar-refractivity contribution in [3.63, 3.8) is 0 Å². The first-order valence-corrected chi connectivity index (χ1v) is 18.9. The third kappa shape index (κ3) is 10.6. The first-order valence-electron chi connectivity index (χ1n) is 20.4. The zero-order valence-corrected chi connectivity index (χ0v) is 33.0. The maximum absolute atomic E-state index is 14.3. The minimum atomic E-state index is -1.16. The van der Waals surface area contributed by atoms with Gasteiger partial charge in [-0.3, -0.25) is 24.1 Å². The van der Waals surface area contributed by atoms with Crippen LogP contribution in [0.4, 0.5) is 0 Å². The van der Waals surface area contributed by atoms with E-state index in [1.807, 2.05) is 45.9 Å². The normalized spacial score (nSPS) is 23.6. The SMILES string of the molecule is [2H]CN1CCC[C@@]1(C[2H])C(=O)N[C@H](C(=O)N(C)[C@@H]([C@@H](C)CC)[C@@H](CC(=O)N1CCC[C@H]1[C@H](OC)[C@@H](C)C(=O)N[C@@H](Cc1ccccc1)C(=O)O)OC)C(C)C. The summed E-state index contributed by atoms with van der Waals surface area (Å²) >= 11 is 0. The Hall–Kier alpha value is -3.55. The molecule has 1 aromatic carbocycles. The van der Waals surface area contributed by atoms with E-state index >= 15 is 0 Å². The van der Waals surface area contributed by atoms with Gasteiger partial charge in [-0.05, 0) is 63.6 Å². The quantitative estimate of drug-likeness (QED) is 0.193. The van der Waals surface area contributed by atoms with Crippen molar-refractivity contribution in [1.29, 1.82) is 0 Å². The van der Waals surface area contributed by atoms with Gasteiger partial charge in [-0.25, -0.2) is 4.79 Å². The van der Waals surface area contributed by atoms with Crippen LogP contribution < -0.4 is 10.6 Å². The highest BCUT2D eigenvalue weighted by molar-refractivity contribution is 5.92. The summed E-state index contributed by atoms with van der Waals surface area (Å²) in [4.78, 5) is 72.8. The van der Waals surface area contributed by atoms with E-state index in [2.05, 4.69) is 10.6 Å². The van der Waals surface area contributed by atoms with Gasteiger partial charge in [0.15, 0.2) is 0 Å². The van der Waals surface area contributed by atoms with Crippen molar-refractivity contribution < 1.29 is 41.3 Å². The summed E-state index contributed by atoms with van der Waals surface area (Å²) in [5.74, 6) is -3.75. The molecule has 0 unspecified atom stereocenters. The highest BCUT2D eigenvalue weighted by atomic mass is 16.5. The number of hydrogen-bond donors (Lipinski definition) is 3. The van der Waals surface area contributed by atoms with E-state index < -0.39 is 65.6 Å². The van der Waals surface area contributed by atoms with E-state index in [1.54, 1.807) is 40.8 Å². The summed E-state index contributed by atoms with van der Waals surface area (Å²) in [5, 5.41) is 15.5. The van der Waals surface area contributed by atoms with Crippen LogP contribution in [0, 0.1) is 17.8 Å². The molecule has 53 heavy (non-hydrogen) atoms. The molecule has 1 aromatic rings. The van der Waals surface area contributed by atoms with Gasteiger partial charge < -0.3 is 35.0 Å². The molecular weight excluding hydrogens is 678 g/mol. The molecule has 0 spiro atoms. The molecule has 2 fully saturated rings. The number of carboxylic acid groups (broad SMARTS) is 1. The summed E-state index contributed by atoms with van der Waals surface area (Å²) in [6.45, 7) is 10.2. The molecule has 0 saturated carbocycles. The Balaban J connectivity index is 1.78. The average Bonchev–Trinajstić information content (AvgIpc) is 3.84. The number of ether oxygens (including phenoxy) is 2. The highest BCUT2D eigenvalue weighted by Crippen LogP contribution is 2.31. The van der Waals surface area contributed by atoms with E-state index in [4.69, 9.17) is 12.2 Å². The number of rotatable bonds is 19. The molecule has 0 radical (unpaired) electrons. The van der Waals surface area contributed by atoms with E-state index in [0.29, 0.717) is 45.2 Å². The van der Waals surface area contributed by atoms with Crippen LogP contribution in [0.5, 0.6) is 0 Å². The minimum absolute atomic E-state index is 0.0477. The molecule has 2 aliphatic rings. The van der Waals surface area contributed by atoms with Crippen molar-refractivity contribution >= 4 is 29.6 Å². The molecule has 0 aliphatic carbocycles. The predicted octanol–water partition coefficient (Wildman–Crippen LogP) is 3.34. The van der Waals surface area contributed by atoms with E-state index in [1.165, 1.54) is 14.2 Å². The van der Waals surface area contributed by atoms with Crippen molar-refractivity contribution in [1.82, 2.24) is 25.3 Å². The number of nitrogens with one attached hydrogen (secondary N) is 2. The Bertz CT molecular complexity index is 1440. The van der Waals surface area contributed by atoms with Gasteiger partial charge in [-0.15, -0.1) is 0 Å². The molecule has 4 amide bonds. The first kappa shape index (κ1) is 40.6. The Kier molecular flexibility index (Phi) is 15.1. The van der Waals surface area contributed by atoms with Crippen molar-refractivity contribution in [2.75, 3.05) is 41.4 Å². The van der Waals surface area contributed by atoms with Gasteiger partial charge in [0.05, 0.1) is 42.2 Å². The summed E-state index contributed by atoms with van der Waals surface area (Å²) in [6.07, 6.45) is 1.76. The van der Waals surface area contributed by atoms with Crippen LogP contribution in [0.3, 0.4) is 0 Å². The van der Waals surface area contributed by atoms with Crippen LogP contribution >= 0.6 is 0 Å². The number of carboxylic acids is 1. The minimum Gasteiger partial charge on any atom is -0.480 e. The largest absolute Gasteiger partial charge is 0.480 e. The maximum Gasteiger partial charge on any atom is 0.326 e. The molecule has 2 saturated heterocycles. The Morgan fingerprint density at radius 3 is 2.30 bits per heavy atom. The molecule has 3 rings (SSSR count). The second-order valence-electron chi connectivity index (χ2n) is 15.3. The third-order valence-electron chi connectivity index (χ3n) is 11.4. The Labute approximate surface area is 319 Å². The maximum atomic E-state index is 14.3. The number of benzene rings is 1. The number of carbonyl (C=O) groups excluding carboxylic acids is 4. The van der Waals surface area contributed by atoms with Crippen LogP contribution in [0.25, 0.3) is 0 Å².